The van der Waals surface area contributed by atoms with Gasteiger partial charge in [0.25, 0.3) is 0 Å². The molecule has 19 nitrogen and oxygen atoms in total. The van der Waals surface area contributed by atoms with Gasteiger partial charge >= 0.3 is 12.1 Å². The second kappa shape index (κ2) is 27.9. The number of esters is 1. The molecular weight excluding hydrogens is 1040 g/mol. The number of amides is 1. The van der Waals surface area contributed by atoms with Gasteiger partial charge in [-0.2, -0.15) is 0 Å². The van der Waals surface area contributed by atoms with Crippen LogP contribution in [-0.2, 0) is 39.6 Å². The van der Waals surface area contributed by atoms with Crippen LogP contribution in [0.25, 0.3) is 11.3 Å². The molecule has 1 amide bonds. The van der Waals surface area contributed by atoms with E-state index in [4.69, 9.17) is 33.4 Å². The Hall–Kier alpha value is -4.54. The number of nitrogens with zero attached hydrogens (tertiary/aromatic N) is 8. The van der Waals surface area contributed by atoms with Crippen LogP contribution in [-0.4, -0.2) is 188 Å². The molecule has 0 saturated carbocycles. The van der Waals surface area contributed by atoms with E-state index in [1.165, 1.54) is 4.90 Å². The van der Waals surface area contributed by atoms with Gasteiger partial charge in [-0.25, -0.2) is 13.9 Å². The monoisotopic (exact) mass is 1130 g/mol. The Labute approximate surface area is 480 Å². The van der Waals surface area contributed by atoms with Crippen molar-refractivity contribution in [3.63, 3.8) is 0 Å². The average molecular weight is 1140 g/mol. The number of rotatable bonds is 18. The molecule has 3 aromatic rings. The number of hydrogen-bond donors (Lipinski definition) is 3. The molecule has 0 spiro atoms. The van der Waals surface area contributed by atoms with E-state index in [1.807, 2.05) is 92.9 Å². The topological polar surface area (TPSA) is 226 Å². The van der Waals surface area contributed by atoms with Crippen molar-refractivity contribution in [3.05, 3.63) is 60.3 Å². The number of halogens is 1. The highest BCUT2D eigenvalue weighted by Crippen LogP contribution is 2.47. The number of methoxy groups -OCH3 is 2. The molecule has 20 atom stereocenters. The van der Waals surface area contributed by atoms with Gasteiger partial charge in [-0.1, -0.05) is 84.4 Å². The maximum atomic E-state index is 15.2. The minimum Gasteiger partial charge on any atom is -0.465 e. The fourth-order valence-electron chi connectivity index (χ4n) is 14.5. The number of benzene rings is 1. The number of alkyl halides is 1. The smallest absolute Gasteiger partial charge is 0.407 e. The third-order valence-corrected chi connectivity index (χ3v) is 19.0. The van der Waals surface area contributed by atoms with Crippen LogP contribution in [0.5, 0.6) is 0 Å². The molecular formula is C61H95FN8O11. The summed E-state index contributed by atoms with van der Waals surface area (Å²) in [4.78, 5) is 45.8. The van der Waals surface area contributed by atoms with Gasteiger partial charge in [-0.3, -0.25) is 19.8 Å². The Bertz CT molecular complexity index is 2510. The van der Waals surface area contributed by atoms with Gasteiger partial charge in [0.05, 0.1) is 71.7 Å². The Morgan fingerprint density at radius 1 is 0.975 bits per heavy atom. The van der Waals surface area contributed by atoms with Crippen molar-refractivity contribution in [2.24, 2.45) is 40.5 Å². The van der Waals surface area contributed by atoms with Gasteiger partial charge in [-0.15, -0.1) is 5.10 Å². The van der Waals surface area contributed by atoms with Crippen LogP contribution in [0.1, 0.15) is 144 Å². The standard InChI is InChI=1S/C61H95FN8O11/c1-15-18-45-49(17-3)80-57(73)38(7)51(50-31-60(10,76-13)55(72)40(9)79-50)37(6)56(61(11,77-14)30-35(4)52-39(8)53(45)69(59(74)75)28-26-65-52)81-58-54(71)47(29-36(5)78-58)68(12)27-23-43-34-70(67-66-43)48(32-62)44(16-2)41-19-21-42(22-20-41)46-33-63-24-25-64-46/h19-22,24-25,33-40,44-45,47-51,53-56,58,71-72H,15-18,23,26-32H2,1-14H3,(H,74,75)/t35-,36-,37+,38-,39+,40+,44-,45-,47+,48-,49-,50?,51+,53-,54-,55+,56-,58+,60-,61-/m1/s1. The summed E-state index contributed by atoms with van der Waals surface area (Å²) in [5.74, 6) is -3.56. The number of aliphatic imine (C=N–C) groups is 1. The zero-order valence-electron chi connectivity index (χ0n) is 50.6. The van der Waals surface area contributed by atoms with Crippen molar-refractivity contribution in [3.8, 4) is 11.3 Å². The van der Waals surface area contributed by atoms with Crippen LogP contribution in [0.15, 0.2) is 54.0 Å². The lowest BCUT2D eigenvalue weighted by atomic mass is 9.67. The summed E-state index contributed by atoms with van der Waals surface area (Å²) in [5, 5.41) is 43.9. The second-order valence-electron chi connectivity index (χ2n) is 24.3. The Balaban J connectivity index is 1.19. The number of carboxylic acid groups (broad SMARTS) is 1. The third kappa shape index (κ3) is 14.0. The van der Waals surface area contributed by atoms with Gasteiger partial charge in [0.2, 0.25) is 0 Å². The Morgan fingerprint density at radius 2 is 1.69 bits per heavy atom. The molecule has 1 aromatic carbocycles. The van der Waals surface area contributed by atoms with E-state index in [-0.39, 0.29) is 49.3 Å². The number of likely N-dealkylation sites (N-methyl/N-ethyl adjacent to an activating group) is 1. The molecule has 7 rings (SSSR count). The molecule has 6 heterocycles. The van der Waals surface area contributed by atoms with E-state index < -0.39 is 109 Å². The van der Waals surface area contributed by atoms with Gasteiger partial charge in [0.15, 0.2) is 6.29 Å². The van der Waals surface area contributed by atoms with Crippen LogP contribution < -0.4 is 0 Å². The van der Waals surface area contributed by atoms with E-state index >= 15 is 9.18 Å². The maximum absolute atomic E-state index is 15.2. The Kier molecular flexibility index (Phi) is 22.1. The van der Waals surface area contributed by atoms with Gasteiger partial charge < -0.3 is 53.5 Å². The normalized spacial score (nSPS) is 36.2. The molecule has 0 radical (unpaired) electrons. The molecule has 1 unspecified atom stereocenters. The fourth-order valence-corrected chi connectivity index (χ4v) is 14.5. The van der Waals surface area contributed by atoms with Crippen molar-refractivity contribution >= 4 is 17.8 Å². The highest BCUT2D eigenvalue weighted by molar-refractivity contribution is 5.90. The summed E-state index contributed by atoms with van der Waals surface area (Å²) in [6, 6.07) is 6.44. The second-order valence-corrected chi connectivity index (χ2v) is 24.3. The van der Waals surface area contributed by atoms with Crippen LogP contribution >= 0.6 is 0 Å². The number of cyclic esters (lactones) is 1. The lowest BCUT2D eigenvalue weighted by Gasteiger charge is -2.52. The molecule has 2 aromatic heterocycles. The minimum absolute atomic E-state index is 0.165. The zero-order valence-corrected chi connectivity index (χ0v) is 50.6. The van der Waals surface area contributed by atoms with Gasteiger partial charge in [0.1, 0.15) is 25.0 Å². The SMILES string of the molecule is CCC[C@H]1[C@H]2[C@@H](C)C(=NCCN2C(=O)O)[C@H](C)C[C@@](C)(OC)[C@H](O[C@@H]2O[C@H](C)C[C@H](N(C)CCc3cn([C@H](CF)[C@H](CC)c4ccc(-c5cnccn5)cc4)nn3)[C@H]2O)[C@@H](C)[C@H](C2C[C@@](C)(OC)[C@@H](O)[C@H](C)O2)[C@@H](C)C(=O)O[C@@H]1CC. The van der Waals surface area contributed by atoms with E-state index in [0.717, 1.165) is 29.0 Å². The van der Waals surface area contributed by atoms with Crippen LogP contribution in [0, 0.1) is 35.5 Å². The largest absolute Gasteiger partial charge is 0.465 e. The van der Waals surface area contributed by atoms with Crippen molar-refractivity contribution in [2.45, 2.75) is 212 Å². The first-order valence-electron chi connectivity index (χ1n) is 29.8. The van der Waals surface area contributed by atoms with Crippen LogP contribution in [0.2, 0.25) is 0 Å². The first kappa shape index (κ1) is 64.0. The average Bonchev–Trinajstić information content (AvgIpc) is 3.88. The first-order valence-corrected chi connectivity index (χ1v) is 29.8. The lowest BCUT2D eigenvalue weighted by molar-refractivity contribution is -0.304. The molecule has 2 bridgehead atoms. The summed E-state index contributed by atoms with van der Waals surface area (Å²) in [7, 11) is 5.17. The van der Waals surface area contributed by atoms with E-state index in [0.29, 0.717) is 50.8 Å². The molecule has 20 heteroatoms. The molecule has 4 aliphatic heterocycles. The number of ether oxygens (including phenoxy) is 6. The highest BCUT2D eigenvalue weighted by atomic mass is 19.1. The molecule has 0 aliphatic carbocycles. The van der Waals surface area contributed by atoms with Crippen molar-refractivity contribution in [2.75, 3.05) is 47.6 Å². The summed E-state index contributed by atoms with van der Waals surface area (Å²) < 4.78 is 57.0. The molecule has 3 fully saturated rings. The lowest BCUT2D eigenvalue weighted by Crippen LogP contribution is -2.62. The molecule has 4 aliphatic rings. The predicted molar refractivity (Wildman–Crippen MR) is 305 cm³/mol. The molecule has 3 N–H and O–H groups in total. The van der Waals surface area contributed by atoms with Crippen LogP contribution in [0.3, 0.4) is 0 Å². The number of fused-ring (bicyclic) bond motifs is 2. The minimum atomic E-state index is -1.16. The van der Waals surface area contributed by atoms with E-state index in [2.05, 4.69) is 39.0 Å². The Morgan fingerprint density at radius 3 is 2.31 bits per heavy atom. The summed E-state index contributed by atoms with van der Waals surface area (Å²) >= 11 is 0. The fraction of sp³-hybridized carbons (Fsp3) is 0.754. The number of aliphatic hydroxyl groups is 2. The summed E-state index contributed by atoms with van der Waals surface area (Å²) in [6.45, 7) is 22.1. The molecule has 3 saturated heterocycles. The summed E-state index contributed by atoms with van der Waals surface area (Å²) in [6.07, 6.45) is 3.41. The van der Waals surface area contributed by atoms with Crippen molar-refractivity contribution in [1.82, 2.24) is 34.8 Å². The number of carbonyl (C=O) groups excluding carboxylic acids is 1. The maximum Gasteiger partial charge on any atom is 0.407 e. The number of carbonyl (C=O) groups is 2. The van der Waals surface area contributed by atoms with Crippen LogP contribution in [0.4, 0.5) is 9.18 Å². The van der Waals surface area contributed by atoms with Crippen molar-refractivity contribution in [1.29, 1.82) is 0 Å². The molecule has 81 heavy (non-hydrogen) atoms. The number of hydrogen-bond acceptors (Lipinski definition) is 16. The predicted octanol–water partition coefficient (Wildman–Crippen LogP) is 8.62. The molecule has 452 valence electrons. The van der Waals surface area contributed by atoms with E-state index in [9.17, 15) is 20.1 Å². The quantitative estimate of drug-likeness (QED) is 0.101. The first-order chi connectivity index (χ1) is 38.6. The third-order valence-electron chi connectivity index (χ3n) is 19.0. The van der Waals surface area contributed by atoms with E-state index in [1.54, 1.807) is 44.4 Å². The number of aromatic nitrogens is 5. The van der Waals surface area contributed by atoms with Crippen molar-refractivity contribution < 1.29 is 57.7 Å². The highest BCUT2D eigenvalue weighted by Gasteiger charge is 2.56. The number of aliphatic hydroxyl groups excluding tert-OH is 2. The van der Waals surface area contributed by atoms with Gasteiger partial charge in [-0.05, 0) is 84.2 Å². The summed E-state index contributed by atoms with van der Waals surface area (Å²) in [5.41, 5.74) is 2.03. The zero-order chi connectivity index (χ0) is 59.1. The van der Waals surface area contributed by atoms with Gasteiger partial charge in [0, 0.05) is 106 Å².